The van der Waals surface area contributed by atoms with Crippen molar-refractivity contribution >= 4 is 29.3 Å². The van der Waals surface area contributed by atoms with Gasteiger partial charge in [-0.2, -0.15) is 0 Å². The van der Waals surface area contributed by atoms with E-state index < -0.39 is 23.9 Å². The minimum Gasteiger partial charge on any atom is -0.479 e. The molecule has 0 spiro atoms. The molecule has 0 radical (unpaired) electrons. The average Bonchev–Trinajstić information content (AvgIpc) is 2.33. The molecule has 0 saturated carbocycles. The second-order valence-corrected chi connectivity index (χ2v) is 3.93. The Hall–Kier alpha value is -1.86. The van der Waals surface area contributed by atoms with Gasteiger partial charge in [-0.25, -0.2) is 14.0 Å². The van der Waals surface area contributed by atoms with E-state index in [4.69, 9.17) is 16.7 Å². The number of methoxy groups -OCH3 is 1. The van der Waals surface area contributed by atoms with Crippen molar-refractivity contribution in [1.82, 2.24) is 5.32 Å². The summed E-state index contributed by atoms with van der Waals surface area (Å²) in [5.74, 6) is -1.72. The monoisotopic (exact) mass is 290 g/mol. The van der Waals surface area contributed by atoms with Crippen LogP contribution in [0.1, 0.15) is 0 Å². The number of urea groups is 1. The summed E-state index contributed by atoms with van der Waals surface area (Å²) in [7, 11) is 1.22. The van der Waals surface area contributed by atoms with Gasteiger partial charge in [0.15, 0.2) is 6.10 Å². The molecule has 6 nitrogen and oxygen atoms in total. The molecule has 1 atom stereocenters. The van der Waals surface area contributed by atoms with Gasteiger partial charge in [0, 0.05) is 7.11 Å². The van der Waals surface area contributed by atoms with Crippen molar-refractivity contribution in [3.8, 4) is 0 Å². The van der Waals surface area contributed by atoms with Gasteiger partial charge in [0.2, 0.25) is 0 Å². The number of carboxylic acids is 1. The van der Waals surface area contributed by atoms with Gasteiger partial charge in [-0.05, 0) is 18.2 Å². The van der Waals surface area contributed by atoms with Gasteiger partial charge in [-0.15, -0.1) is 0 Å². The molecule has 0 bridgehead atoms. The Morgan fingerprint density at radius 2 is 2.21 bits per heavy atom. The first kappa shape index (κ1) is 15.2. The normalized spacial score (nSPS) is 11.7. The minimum absolute atomic E-state index is 0.0386. The van der Waals surface area contributed by atoms with Gasteiger partial charge in [0.1, 0.15) is 5.82 Å². The number of amides is 2. The summed E-state index contributed by atoms with van der Waals surface area (Å²) in [6.45, 7) is -0.212. The van der Waals surface area contributed by atoms with E-state index in [0.29, 0.717) is 0 Å². The van der Waals surface area contributed by atoms with Crippen molar-refractivity contribution in [2.24, 2.45) is 0 Å². The van der Waals surface area contributed by atoms with Crippen LogP contribution in [0.5, 0.6) is 0 Å². The number of hydrogen-bond acceptors (Lipinski definition) is 3. The van der Waals surface area contributed by atoms with Gasteiger partial charge in [0.25, 0.3) is 0 Å². The maximum atomic E-state index is 12.8. The maximum absolute atomic E-state index is 12.8. The molecule has 0 aromatic heterocycles. The summed E-state index contributed by atoms with van der Waals surface area (Å²) in [5.41, 5.74) is 0.213. The van der Waals surface area contributed by atoms with Crippen LogP contribution in [0.4, 0.5) is 14.9 Å². The van der Waals surface area contributed by atoms with Crippen LogP contribution < -0.4 is 10.6 Å². The highest BCUT2D eigenvalue weighted by molar-refractivity contribution is 6.33. The van der Waals surface area contributed by atoms with Crippen LogP contribution in [0.25, 0.3) is 0 Å². The number of ether oxygens (including phenoxy) is 1. The van der Waals surface area contributed by atoms with Crippen molar-refractivity contribution < 1.29 is 23.8 Å². The predicted octanol–water partition coefficient (Wildman–Crippen LogP) is 1.70. The van der Waals surface area contributed by atoms with E-state index in [-0.39, 0.29) is 17.3 Å². The SMILES string of the molecule is COC(CNC(=O)Nc1ccc(F)cc1Cl)C(=O)O. The molecule has 104 valence electrons. The first-order chi connectivity index (χ1) is 8.93. The Kier molecular flexibility index (Phi) is 5.53. The zero-order chi connectivity index (χ0) is 14.4. The molecule has 0 saturated heterocycles. The summed E-state index contributed by atoms with van der Waals surface area (Å²) in [4.78, 5) is 22.1. The van der Waals surface area contributed by atoms with Crippen molar-refractivity contribution in [3.05, 3.63) is 29.0 Å². The third kappa shape index (κ3) is 4.72. The van der Waals surface area contributed by atoms with E-state index >= 15 is 0 Å². The number of carboxylic acid groups (broad SMARTS) is 1. The van der Waals surface area contributed by atoms with Crippen LogP contribution in [0.15, 0.2) is 18.2 Å². The maximum Gasteiger partial charge on any atom is 0.334 e. The Bertz CT molecular complexity index is 484. The lowest BCUT2D eigenvalue weighted by Gasteiger charge is -2.12. The molecule has 0 aliphatic rings. The number of nitrogens with one attached hydrogen (secondary N) is 2. The number of aliphatic carboxylic acids is 1. The molecular formula is C11H12ClFN2O4. The van der Waals surface area contributed by atoms with Crippen molar-refractivity contribution in [1.29, 1.82) is 0 Å². The highest BCUT2D eigenvalue weighted by Gasteiger charge is 2.17. The summed E-state index contributed by atoms with van der Waals surface area (Å²) < 4.78 is 17.4. The van der Waals surface area contributed by atoms with Crippen molar-refractivity contribution in [2.45, 2.75) is 6.10 Å². The molecule has 2 amide bonds. The molecule has 1 aromatic rings. The van der Waals surface area contributed by atoms with E-state index in [9.17, 15) is 14.0 Å². The first-order valence-corrected chi connectivity index (χ1v) is 5.57. The third-order valence-corrected chi connectivity index (χ3v) is 2.50. The smallest absolute Gasteiger partial charge is 0.334 e. The van der Waals surface area contributed by atoms with Crippen LogP contribution in [-0.2, 0) is 9.53 Å². The summed E-state index contributed by atoms with van der Waals surface area (Å²) in [6.07, 6.45) is -1.14. The lowest BCUT2D eigenvalue weighted by Crippen LogP contribution is -2.39. The van der Waals surface area contributed by atoms with Gasteiger partial charge in [-0.3, -0.25) is 0 Å². The third-order valence-electron chi connectivity index (χ3n) is 2.19. The molecule has 0 aliphatic heterocycles. The molecule has 19 heavy (non-hydrogen) atoms. The molecule has 1 aromatic carbocycles. The van der Waals surface area contributed by atoms with Crippen LogP contribution in [-0.4, -0.2) is 36.9 Å². The van der Waals surface area contributed by atoms with Crippen molar-refractivity contribution in [2.75, 3.05) is 19.0 Å². The van der Waals surface area contributed by atoms with E-state index in [2.05, 4.69) is 15.4 Å². The largest absolute Gasteiger partial charge is 0.479 e. The van der Waals surface area contributed by atoms with E-state index in [1.807, 2.05) is 0 Å². The second kappa shape index (κ2) is 6.91. The number of halogens is 2. The lowest BCUT2D eigenvalue weighted by atomic mass is 10.3. The van der Waals surface area contributed by atoms with Gasteiger partial charge in [-0.1, -0.05) is 11.6 Å². The zero-order valence-corrected chi connectivity index (χ0v) is 10.7. The molecule has 0 fully saturated rings. The lowest BCUT2D eigenvalue weighted by molar-refractivity contribution is -0.147. The first-order valence-electron chi connectivity index (χ1n) is 5.19. The van der Waals surface area contributed by atoms with Gasteiger partial charge >= 0.3 is 12.0 Å². The van der Waals surface area contributed by atoms with Crippen LogP contribution >= 0.6 is 11.6 Å². The molecule has 0 aliphatic carbocycles. The number of benzene rings is 1. The van der Waals surface area contributed by atoms with Crippen LogP contribution in [0.2, 0.25) is 5.02 Å². The molecule has 8 heteroatoms. The van der Waals surface area contributed by atoms with Gasteiger partial charge in [0.05, 0.1) is 17.3 Å². The number of hydrogen-bond donors (Lipinski definition) is 3. The highest BCUT2D eigenvalue weighted by atomic mass is 35.5. The molecule has 1 rings (SSSR count). The number of anilines is 1. The predicted molar refractivity (Wildman–Crippen MR) is 66.9 cm³/mol. The fourth-order valence-electron chi connectivity index (χ4n) is 1.21. The summed E-state index contributed by atoms with van der Waals surface area (Å²) in [5, 5.41) is 13.4. The molecular weight excluding hydrogens is 279 g/mol. The Balaban J connectivity index is 2.53. The molecule has 0 heterocycles. The number of carbonyl (C=O) groups excluding carboxylic acids is 1. The zero-order valence-electron chi connectivity index (χ0n) is 9.94. The number of rotatable bonds is 5. The average molecular weight is 291 g/mol. The summed E-state index contributed by atoms with van der Waals surface area (Å²) >= 11 is 5.71. The van der Waals surface area contributed by atoms with Crippen LogP contribution in [0, 0.1) is 5.82 Å². The number of carbonyl (C=O) groups is 2. The molecule has 1 unspecified atom stereocenters. The van der Waals surface area contributed by atoms with E-state index in [1.165, 1.54) is 13.2 Å². The van der Waals surface area contributed by atoms with Gasteiger partial charge < -0.3 is 20.5 Å². The Morgan fingerprint density at radius 1 is 1.53 bits per heavy atom. The Labute approximate surface area is 113 Å². The van der Waals surface area contributed by atoms with E-state index in [1.54, 1.807) is 0 Å². The topological polar surface area (TPSA) is 87.7 Å². The van der Waals surface area contributed by atoms with Crippen molar-refractivity contribution in [3.63, 3.8) is 0 Å². The standard InChI is InChI=1S/C11H12ClFN2O4/c1-19-9(10(16)17)5-14-11(18)15-8-3-2-6(13)4-7(8)12/h2-4,9H,5H2,1H3,(H,16,17)(H2,14,15,18). The second-order valence-electron chi connectivity index (χ2n) is 3.52. The fourth-order valence-corrected chi connectivity index (χ4v) is 1.43. The molecule has 3 N–H and O–H groups in total. The quantitative estimate of drug-likeness (QED) is 0.770. The van der Waals surface area contributed by atoms with E-state index in [0.717, 1.165) is 12.1 Å². The Morgan fingerprint density at radius 3 is 2.74 bits per heavy atom. The highest BCUT2D eigenvalue weighted by Crippen LogP contribution is 2.22. The van der Waals surface area contributed by atoms with Crippen LogP contribution in [0.3, 0.4) is 0 Å². The minimum atomic E-state index is -1.19. The fraction of sp³-hybridized carbons (Fsp3) is 0.273. The summed E-state index contributed by atoms with van der Waals surface area (Å²) in [6, 6.07) is 2.81.